The van der Waals surface area contributed by atoms with Crippen molar-refractivity contribution in [1.82, 2.24) is 14.9 Å². The van der Waals surface area contributed by atoms with Gasteiger partial charge in [-0.1, -0.05) is 0 Å². The molecule has 2 N–H and O–H groups in total. The minimum Gasteiger partial charge on any atom is -0.480 e. The fourth-order valence-electron chi connectivity index (χ4n) is 1.15. The smallest absolute Gasteiger partial charge is 0.321 e. The van der Waals surface area contributed by atoms with Crippen LogP contribution in [0.15, 0.2) is 11.4 Å². The molecular weight excluding hydrogens is 202 g/mol. The molecule has 1 aromatic heterocycles. The average molecular weight is 215 g/mol. The van der Waals surface area contributed by atoms with Crippen LogP contribution in [0.1, 0.15) is 5.69 Å². The summed E-state index contributed by atoms with van der Waals surface area (Å²) in [6.45, 7) is 0. The summed E-state index contributed by atoms with van der Waals surface area (Å²) in [6, 6.07) is -0.554. The standard InChI is InChI=1S/C8H13N3O2S/c1-11(2)6(8(12)13)3-5-7(14)10-4-9-5/h4,6,14H,3H2,1-2H3,(H,9,10)(H,12,13). The zero-order valence-corrected chi connectivity index (χ0v) is 8.95. The van der Waals surface area contributed by atoms with Gasteiger partial charge in [0.1, 0.15) is 11.1 Å². The number of aromatic amines is 1. The number of hydrogen-bond acceptors (Lipinski definition) is 4. The molecule has 1 rings (SSSR count). The largest absolute Gasteiger partial charge is 0.480 e. The molecule has 6 heteroatoms. The first kappa shape index (κ1) is 11.1. The number of rotatable bonds is 4. The Morgan fingerprint density at radius 2 is 2.43 bits per heavy atom. The molecule has 78 valence electrons. The fraction of sp³-hybridized carbons (Fsp3) is 0.500. The van der Waals surface area contributed by atoms with E-state index in [1.165, 1.54) is 6.33 Å². The van der Waals surface area contributed by atoms with Crippen LogP contribution in [-0.4, -0.2) is 46.1 Å². The Balaban J connectivity index is 2.75. The van der Waals surface area contributed by atoms with Gasteiger partial charge in [-0.25, -0.2) is 4.98 Å². The van der Waals surface area contributed by atoms with E-state index in [9.17, 15) is 4.79 Å². The zero-order chi connectivity index (χ0) is 10.7. The summed E-state index contributed by atoms with van der Waals surface area (Å²) < 4.78 is 0. The molecule has 1 atom stereocenters. The van der Waals surface area contributed by atoms with Gasteiger partial charge < -0.3 is 10.1 Å². The van der Waals surface area contributed by atoms with E-state index in [-0.39, 0.29) is 0 Å². The van der Waals surface area contributed by atoms with Crippen molar-refractivity contribution < 1.29 is 9.90 Å². The summed E-state index contributed by atoms with van der Waals surface area (Å²) in [4.78, 5) is 19.3. The van der Waals surface area contributed by atoms with Gasteiger partial charge in [-0.2, -0.15) is 0 Å². The average Bonchev–Trinajstić information content (AvgIpc) is 2.46. The summed E-state index contributed by atoms with van der Waals surface area (Å²) in [7, 11) is 3.46. The van der Waals surface area contributed by atoms with Crippen LogP contribution in [0, 0.1) is 0 Å². The lowest BCUT2D eigenvalue weighted by atomic mass is 10.1. The van der Waals surface area contributed by atoms with E-state index < -0.39 is 12.0 Å². The van der Waals surface area contributed by atoms with E-state index in [2.05, 4.69) is 22.6 Å². The second-order valence-electron chi connectivity index (χ2n) is 3.23. The van der Waals surface area contributed by atoms with Gasteiger partial charge in [0.05, 0.1) is 12.0 Å². The van der Waals surface area contributed by atoms with Crippen LogP contribution in [0.25, 0.3) is 0 Å². The number of carboxylic acids is 1. The third kappa shape index (κ3) is 2.49. The minimum atomic E-state index is -0.850. The van der Waals surface area contributed by atoms with E-state index in [1.807, 2.05) is 0 Å². The Morgan fingerprint density at radius 1 is 1.79 bits per heavy atom. The van der Waals surface area contributed by atoms with Crippen LogP contribution in [0.2, 0.25) is 0 Å². The monoisotopic (exact) mass is 215 g/mol. The Hall–Kier alpha value is -1.01. The number of nitrogens with one attached hydrogen (secondary N) is 1. The van der Waals surface area contributed by atoms with Gasteiger partial charge in [0.25, 0.3) is 0 Å². The van der Waals surface area contributed by atoms with Crippen molar-refractivity contribution in [3.05, 3.63) is 12.0 Å². The van der Waals surface area contributed by atoms with Gasteiger partial charge in [-0.3, -0.25) is 9.69 Å². The quantitative estimate of drug-likeness (QED) is 0.630. The van der Waals surface area contributed by atoms with Gasteiger partial charge in [-0.15, -0.1) is 12.6 Å². The van der Waals surface area contributed by atoms with Crippen molar-refractivity contribution in [2.45, 2.75) is 17.5 Å². The zero-order valence-electron chi connectivity index (χ0n) is 8.06. The first-order valence-electron chi connectivity index (χ1n) is 4.12. The van der Waals surface area contributed by atoms with Crippen molar-refractivity contribution in [2.75, 3.05) is 14.1 Å². The predicted octanol–water partition coefficient (Wildman–Crippen LogP) is 0.256. The van der Waals surface area contributed by atoms with E-state index >= 15 is 0 Å². The minimum absolute atomic E-state index is 0.376. The number of carboxylic acid groups (broad SMARTS) is 1. The summed E-state index contributed by atoms with van der Waals surface area (Å²) in [5.74, 6) is -0.850. The van der Waals surface area contributed by atoms with Gasteiger partial charge in [0.2, 0.25) is 0 Å². The number of likely N-dealkylation sites (N-methyl/N-ethyl adjacent to an activating group) is 1. The molecule has 0 amide bonds. The maximum absolute atomic E-state index is 10.9. The van der Waals surface area contributed by atoms with Gasteiger partial charge in [0.15, 0.2) is 0 Å². The highest BCUT2D eigenvalue weighted by molar-refractivity contribution is 7.80. The molecule has 14 heavy (non-hydrogen) atoms. The molecular formula is C8H13N3O2S. The van der Waals surface area contributed by atoms with E-state index in [0.717, 1.165) is 5.69 Å². The van der Waals surface area contributed by atoms with Crippen LogP contribution < -0.4 is 0 Å². The fourth-order valence-corrected chi connectivity index (χ4v) is 1.36. The molecule has 0 aliphatic heterocycles. The van der Waals surface area contributed by atoms with Crippen molar-refractivity contribution in [2.24, 2.45) is 0 Å². The van der Waals surface area contributed by atoms with E-state index in [0.29, 0.717) is 11.4 Å². The Morgan fingerprint density at radius 3 is 2.79 bits per heavy atom. The third-order valence-electron chi connectivity index (χ3n) is 2.00. The highest BCUT2D eigenvalue weighted by atomic mass is 32.1. The molecule has 0 aromatic carbocycles. The third-order valence-corrected chi connectivity index (χ3v) is 2.39. The summed E-state index contributed by atoms with van der Waals surface area (Å²) in [6.07, 6.45) is 1.88. The Kier molecular flexibility index (Phi) is 3.54. The number of hydrogen-bond donors (Lipinski definition) is 3. The first-order valence-corrected chi connectivity index (χ1v) is 4.57. The van der Waals surface area contributed by atoms with Crippen LogP contribution in [0.4, 0.5) is 0 Å². The number of thiol groups is 1. The first-order chi connectivity index (χ1) is 6.52. The van der Waals surface area contributed by atoms with Crippen molar-refractivity contribution >= 4 is 18.6 Å². The van der Waals surface area contributed by atoms with Gasteiger partial charge >= 0.3 is 5.97 Å². The second-order valence-corrected chi connectivity index (χ2v) is 3.65. The number of carbonyl (C=O) groups is 1. The molecule has 0 saturated carbocycles. The molecule has 5 nitrogen and oxygen atoms in total. The lowest BCUT2D eigenvalue weighted by Gasteiger charge is -2.19. The van der Waals surface area contributed by atoms with Crippen LogP contribution in [-0.2, 0) is 11.2 Å². The van der Waals surface area contributed by atoms with Crippen LogP contribution in [0.5, 0.6) is 0 Å². The highest BCUT2D eigenvalue weighted by Gasteiger charge is 2.21. The number of imidazole rings is 1. The molecule has 0 saturated heterocycles. The van der Waals surface area contributed by atoms with Crippen molar-refractivity contribution in [1.29, 1.82) is 0 Å². The van der Waals surface area contributed by atoms with Crippen LogP contribution >= 0.6 is 12.6 Å². The highest BCUT2D eigenvalue weighted by Crippen LogP contribution is 2.11. The summed E-state index contributed by atoms with van der Waals surface area (Å²) >= 11 is 4.11. The topological polar surface area (TPSA) is 69.2 Å². The molecule has 0 aliphatic rings. The maximum atomic E-state index is 10.9. The second kappa shape index (κ2) is 4.47. The lowest BCUT2D eigenvalue weighted by molar-refractivity contribution is -0.142. The van der Waals surface area contributed by atoms with E-state index in [4.69, 9.17) is 5.11 Å². The molecule has 1 aromatic rings. The molecule has 0 spiro atoms. The van der Waals surface area contributed by atoms with Crippen molar-refractivity contribution in [3.8, 4) is 0 Å². The van der Waals surface area contributed by atoms with Crippen LogP contribution in [0.3, 0.4) is 0 Å². The molecule has 0 bridgehead atoms. The number of aliphatic carboxylic acids is 1. The van der Waals surface area contributed by atoms with E-state index in [1.54, 1.807) is 19.0 Å². The molecule has 1 heterocycles. The summed E-state index contributed by atoms with van der Waals surface area (Å²) in [5, 5.41) is 9.49. The molecule has 0 fully saturated rings. The number of nitrogens with zero attached hydrogens (tertiary/aromatic N) is 2. The molecule has 1 unspecified atom stereocenters. The normalized spacial score (nSPS) is 13.1. The van der Waals surface area contributed by atoms with Gasteiger partial charge in [-0.05, 0) is 14.1 Å². The SMILES string of the molecule is CN(C)C(Cc1[nH]cnc1S)C(=O)O. The maximum Gasteiger partial charge on any atom is 0.321 e. The van der Waals surface area contributed by atoms with Crippen molar-refractivity contribution in [3.63, 3.8) is 0 Å². The Labute approximate surface area is 87.6 Å². The molecule has 0 radical (unpaired) electrons. The lowest BCUT2D eigenvalue weighted by Crippen LogP contribution is -2.37. The summed E-state index contributed by atoms with van der Waals surface area (Å²) in [5.41, 5.74) is 0.745. The number of aromatic nitrogens is 2. The predicted molar refractivity (Wildman–Crippen MR) is 54.7 cm³/mol. The molecule has 0 aliphatic carbocycles. The number of H-pyrrole nitrogens is 1. The van der Waals surface area contributed by atoms with Gasteiger partial charge in [0, 0.05) is 6.42 Å². The Bertz CT molecular complexity index is 324.